The molecule has 1 aliphatic heterocycles. The molecule has 0 radical (unpaired) electrons. The lowest BCUT2D eigenvalue weighted by Gasteiger charge is -2.42. The van der Waals surface area contributed by atoms with Gasteiger partial charge in [0.1, 0.15) is 5.58 Å². The number of halogens is 1. The van der Waals surface area contributed by atoms with Gasteiger partial charge < -0.3 is 20.4 Å². The van der Waals surface area contributed by atoms with E-state index in [0.29, 0.717) is 16.3 Å². The molecule has 1 fully saturated rings. The van der Waals surface area contributed by atoms with E-state index in [1.807, 2.05) is 0 Å². The number of terminal acetylenes is 1. The first-order valence-electron chi connectivity index (χ1n) is 8.61. The van der Waals surface area contributed by atoms with Crippen LogP contribution in [0.4, 0.5) is 10.5 Å². The van der Waals surface area contributed by atoms with Gasteiger partial charge in [-0.15, -0.1) is 6.42 Å². The fraction of sp³-hybridized carbons (Fsp3) is 0.368. The summed E-state index contributed by atoms with van der Waals surface area (Å²) in [7, 11) is 0. The van der Waals surface area contributed by atoms with E-state index in [4.69, 9.17) is 22.4 Å². The van der Waals surface area contributed by atoms with E-state index in [1.165, 1.54) is 0 Å². The van der Waals surface area contributed by atoms with Crippen LogP contribution in [0.5, 0.6) is 0 Å². The van der Waals surface area contributed by atoms with Crippen molar-refractivity contribution in [2.45, 2.75) is 37.6 Å². The zero-order chi connectivity index (χ0) is 18.3. The summed E-state index contributed by atoms with van der Waals surface area (Å²) in [5.74, 6) is 2.15. The van der Waals surface area contributed by atoms with Crippen molar-refractivity contribution in [3.63, 3.8) is 0 Å². The van der Waals surface area contributed by atoms with Gasteiger partial charge in [-0.05, 0) is 25.0 Å². The molecule has 2 heterocycles. The van der Waals surface area contributed by atoms with Crippen LogP contribution in [0, 0.1) is 12.3 Å². The topological polar surface area (TPSA) is 83.4 Å². The summed E-state index contributed by atoms with van der Waals surface area (Å²) in [6.45, 7) is 0.121. The summed E-state index contributed by atoms with van der Waals surface area (Å²) >= 11 is 6.45. The predicted octanol–water partition coefficient (Wildman–Crippen LogP) is 3.74. The lowest BCUT2D eigenvalue weighted by molar-refractivity contribution is 0.0933. The molecule has 1 aromatic carbocycles. The Morgan fingerprint density at radius 3 is 2.85 bits per heavy atom. The maximum atomic E-state index is 12.2. The number of amides is 3. The average molecular weight is 372 g/mol. The number of hydrogen-bond donors (Lipinski definition) is 3. The molecule has 2 aliphatic rings. The highest BCUT2D eigenvalue weighted by molar-refractivity contribution is 6.35. The van der Waals surface area contributed by atoms with Crippen molar-refractivity contribution in [1.82, 2.24) is 10.6 Å². The highest BCUT2D eigenvalue weighted by Crippen LogP contribution is 2.48. The van der Waals surface area contributed by atoms with Crippen LogP contribution >= 0.6 is 11.6 Å². The predicted molar refractivity (Wildman–Crippen MR) is 99.3 cm³/mol. The number of carbonyl (C=O) groups is 2. The minimum Gasteiger partial charge on any atom is -0.450 e. The second kappa shape index (κ2) is 6.26. The molecule has 0 unspecified atom stereocenters. The number of furan rings is 1. The van der Waals surface area contributed by atoms with Gasteiger partial charge in [0.25, 0.3) is 5.91 Å². The molecule has 1 saturated carbocycles. The monoisotopic (exact) mass is 371 g/mol. The molecule has 3 amide bonds. The van der Waals surface area contributed by atoms with E-state index in [1.54, 1.807) is 12.1 Å². The molecular weight excluding hydrogens is 354 g/mol. The molecule has 1 aliphatic carbocycles. The molecule has 0 atom stereocenters. The Hall–Kier alpha value is -2.65. The first kappa shape index (κ1) is 16.8. The summed E-state index contributed by atoms with van der Waals surface area (Å²) in [6.07, 6.45) is 9.94. The van der Waals surface area contributed by atoms with E-state index in [9.17, 15) is 9.59 Å². The molecule has 26 heavy (non-hydrogen) atoms. The highest BCUT2D eigenvalue weighted by Gasteiger charge is 2.43. The lowest BCUT2D eigenvalue weighted by Crippen LogP contribution is -2.52. The van der Waals surface area contributed by atoms with E-state index < -0.39 is 5.54 Å². The van der Waals surface area contributed by atoms with Gasteiger partial charge in [0.05, 0.1) is 22.8 Å². The Kier molecular flexibility index (Phi) is 4.04. The summed E-state index contributed by atoms with van der Waals surface area (Å²) < 4.78 is 5.91. The molecule has 2 aromatic rings. The molecule has 0 saturated heterocycles. The Labute approximate surface area is 155 Å². The van der Waals surface area contributed by atoms with Gasteiger partial charge in [-0.2, -0.15) is 0 Å². The first-order chi connectivity index (χ1) is 12.5. The average Bonchev–Trinajstić information content (AvgIpc) is 3.03. The standard InChI is InChI=1S/C19H18ClN3O3/c1-2-8-21-17(24)13-10-11-9-12(20)15-14(16(11)26-13)19(23-18(25)22-15)6-4-3-5-7-19/h1,9-10H,3-8H2,(H,21,24)(H2,22,23,25). The lowest BCUT2D eigenvalue weighted by atomic mass is 9.74. The molecular formula is C19H18ClN3O3. The van der Waals surface area contributed by atoms with Crippen LogP contribution in [-0.2, 0) is 5.54 Å². The number of carbonyl (C=O) groups excluding carboxylic acids is 2. The minimum atomic E-state index is -0.524. The van der Waals surface area contributed by atoms with E-state index >= 15 is 0 Å². The number of anilines is 1. The maximum absolute atomic E-state index is 12.2. The van der Waals surface area contributed by atoms with Crippen molar-refractivity contribution >= 4 is 40.2 Å². The van der Waals surface area contributed by atoms with Crippen molar-refractivity contribution in [2.75, 3.05) is 11.9 Å². The van der Waals surface area contributed by atoms with Crippen LogP contribution in [0.25, 0.3) is 11.0 Å². The summed E-state index contributed by atoms with van der Waals surface area (Å²) in [5.41, 5.74) is 1.44. The normalized spacial score (nSPS) is 17.9. The summed E-state index contributed by atoms with van der Waals surface area (Å²) in [6, 6.07) is 3.10. The zero-order valence-corrected chi connectivity index (χ0v) is 14.8. The number of hydrogen-bond acceptors (Lipinski definition) is 3. The molecule has 4 rings (SSSR count). The number of rotatable bonds is 2. The number of urea groups is 1. The van der Waals surface area contributed by atoms with Crippen molar-refractivity contribution in [1.29, 1.82) is 0 Å². The first-order valence-corrected chi connectivity index (χ1v) is 8.99. The minimum absolute atomic E-state index is 0.121. The van der Waals surface area contributed by atoms with Crippen LogP contribution in [0.15, 0.2) is 16.5 Å². The van der Waals surface area contributed by atoms with Crippen LogP contribution in [0.1, 0.15) is 48.2 Å². The quantitative estimate of drug-likeness (QED) is 0.703. The van der Waals surface area contributed by atoms with Crippen molar-refractivity contribution in [3.05, 3.63) is 28.5 Å². The van der Waals surface area contributed by atoms with E-state index in [0.717, 1.165) is 43.1 Å². The summed E-state index contributed by atoms with van der Waals surface area (Å²) in [5, 5.41) is 9.63. The highest BCUT2D eigenvalue weighted by atomic mass is 35.5. The van der Waals surface area contributed by atoms with Gasteiger partial charge in [-0.3, -0.25) is 4.79 Å². The van der Waals surface area contributed by atoms with Crippen LogP contribution < -0.4 is 16.0 Å². The molecule has 0 bridgehead atoms. The second-order valence-corrected chi connectivity index (χ2v) is 7.15. The molecule has 134 valence electrons. The molecule has 1 aromatic heterocycles. The fourth-order valence-electron chi connectivity index (χ4n) is 4.01. The van der Waals surface area contributed by atoms with Gasteiger partial charge in [0, 0.05) is 10.9 Å². The summed E-state index contributed by atoms with van der Waals surface area (Å²) in [4.78, 5) is 24.5. The molecule has 3 N–H and O–H groups in total. The van der Waals surface area contributed by atoms with Crippen molar-refractivity contribution < 1.29 is 14.0 Å². The van der Waals surface area contributed by atoms with Gasteiger partial charge >= 0.3 is 6.03 Å². The van der Waals surface area contributed by atoms with Gasteiger partial charge in [-0.1, -0.05) is 36.8 Å². The van der Waals surface area contributed by atoms with Gasteiger partial charge in [0.15, 0.2) is 5.76 Å². The molecule has 6 nitrogen and oxygen atoms in total. The SMILES string of the molecule is C#CCNC(=O)c1cc2cc(Cl)c3c(c2o1)C1(CCCCC1)NC(=O)N3. The maximum Gasteiger partial charge on any atom is 0.319 e. The zero-order valence-electron chi connectivity index (χ0n) is 14.1. The number of fused-ring (bicyclic) bond motifs is 4. The Morgan fingerprint density at radius 2 is 2.12 bits per heavy atom. The third kappa shape index (κ3) is 2.60. The molecule has 7 heteroatoms. The van der Waals surface area contributed by atoms with Gasteiger partial charge in [0.2, 0.25) is 0 Å². The van der Waals surface area contributed by atoms with Crippen LogP contribution in [0.3, 0.4) is 0 Å². The smallest absolute Gasteiger partial charge is 0.319 e. The number of nitrogens with one attached hydrogen (secondary N) is 3. The molecule has 1 spiro atoms. The van der Waals surface area contributed by atoms with Gasteiger partial charge in [-0.25, -0.2) is 4.79 Å². The van der Waals surface area contributed by atoms with Crippen LogP contribution in [0.2, 0.25) is 5.02 Å². The van der Waals surface area contributed by atoms with Crippen molar-refractivity contribution in [2.24, 2.45) is 0 Å². The largest absolute Gasteiger partial charge is 0.450 e. The fourth-order valence-corrected chi connectivity index (χ4v) is 4.27. The third-order valence-electron chi connectivity index (χ3n) is 5.11. The Morgan fingerprint density at radius 1 is 1.35 bits per heavy atom. The Balaban J connectivity index is 1.90. The Bertz CT molecular complexity index is 951. The van der Waals surface area contributed by atoms with Crippen LogP contribution in [-0.4, -0.2) is 18.5 Å². The van der Waals surface area contributed by atoms with E-state index in [-0.39, 0.29) is 24.2 Å². The van der Waals surface area contributed by atoms with Crippen molar-refractivity contribution in [3.8, 4) is 12.3 Å². The third-order valence-corrected chi connectivity index (χ3v) is 5.41. The van der Waals surface area contributed by atoms with E-state index in [2.05, 4.69) is 21.9 Å². The number of benzene rings is 1. The second-order valence-electron chi connectivity index (χ2n) is 6.75.